The second kappa shape index (κ2) is 6.89. The van der Waals surface area contributed by atoms with E-state index in [2.05, 4.69) is 23.6 Å². The maximum atomic E-state index is 12.9. The summed E-state index contributed by atoms with van der Waals surface area (Å²) in [5, 5.41) is 0. The Labute approximate surface area is 146 Å². The molecule has 128 valence electrons. The van der Waals surface area contributed by atoms with Gasteiger partial charge in [-0.2, -0.15) is 4.99 Å². The molecule has 1 heterocycles. The molecule has 0 fully saturated rings. The second-order valence-corrected chi connectivity index (χ2v) is 5.99. The Morgan fingerprint density at radius 3 is 2.48 bits per heavy atom. The third-order valence-corrected chi connectivity index (χ3v) is 4.52. The van der Waals surface area contributed by atoms with Gasteiger partial charge in [0.2, 0.25) is 0 Å². The van der Waals surface area contributed by atoms with Crippen molar-refractivity contribution in [3.8, 4) is 0 Å². The van der Waals surface area contributed by atoms with Gasteiger partial charge < -0.3 is 4.74 Å². The lowest BCUT2D eigenvalue weighted by atomic mass is 9.98. The molecule has 5 nitrogen and oxygen atoms in total. The van der Waals surface area contributed by atoms with E-state index in [4.69, 9.17) is 0 Å². The van der Waals surface area contributed by atoms with Gasteiger partial charge in [-0.3, -0.25) is 9.69 Å². The highest BCUT2D eigenvalue weighted by molar-refractivity contribution is 6.56. The van der Waals surface area contributed by atoms with Gasteiger partial charge >= 0.3 is 6.09 Å². The van der Waals surface area contributed by atoms with Gasteiger partial charge in [0.25, 0.3) is 5.91 Å². The van der Waals surface area contributed by atoms with Crippen LogP contribution in [0.3, 0.4) is 0 Å². The quantitative estimate of drug-likeness (QED) is 0.833. The molecule has 1 atom stereocenters. The highest BCUT2D eigenvalue weighted by Crippen LogP contribution is 2.36. The topological polar surface area (TPSA) is 59.0 Å². The van der Waals surface area contributed by atoms with Crippen LogP contribution in [0, 0.1) is 0 Å². The molecule has 0 saturated heterocycles. The molecule has 0 aliphatic carbocycles. The summed E-state index contributed by atoms with van der Waals surface area (Å²) in [6.45, 7) is 4.32. The Hall–Kier alpha value is -2.95. The molecule has 2 amide bonds. The summed E-state index contributed by atoms with van der Waals surface area (Å²) >= 11 is 0. The van der Waals surface area contributed by atoms with E-state index < -0.39 is 6.09 Å². The molecular formula is C20H20N2O3. The first kappa shape index (κ1) is 16.9. The highest BCUT2D eigenvalue weighted by atomic mass is 16.5. The molecule has 0 aromatic heterocycles. The Balaban J connectivity index is 2.04. The smallest absolute Gasteiger partial charge is 0.434 e. The number of anilines is 2. The molecule has 25 heavy (non-hydrogen) atoms. The van der Waals surface area contributed by atoms with E-state index in [0.29, 0.717) is 17.2 Å². The maximum Gasteiger partial charge on any atom is 0.434 e. The van der Waals surface area contributed by atoms with Gasteiger partial charge in [-0.05, 0) is 36.1 Å². The molecule has 2 aromatic carbocycles. The van der Waals surface area contributed by atoms with E-state index in [9.17, 15) is 9.59 Å². The van der Waals surface area contributed by atoms with E-state index in [1.165, 1.54) is 12.7 Å². The number of aliphatic imine (C=N–C) groups is 1. The number of hydrogen-bond acceptors (Lipinski definition) is 3. The van der Waals surface area contributed by atoms with Crippen molar-refractivity contribution in [2.75, 3.05) is 12.0 Å². The number of carbonyl (C=O) groups is 2. The Morgan fingerprint density at radius 2 is 1.84 bits per heavy atom. The number of amides is 2. The van der Waals surface area contributed by atoms with Gasteiger partial charge in [-0.1, -0.05) is 44.2 Å². The summed E-state index contributed by atoms with van der Waals surface area (Å²) in [6, 6.07) is 15.2. The molecule has 0 spiro atoms. The number of ether oxygens (including phenoxy) is 1. The fourth-order valence-corrected chi connectivity index (χ4v) is 2.89. The van der Waals surface area contributed by atoms with Crippen molar-refractivity contribution in [1.29, 1.82) is 0 Å². The number of hydrogen-bond donors (Lipinski definition) is 0. The lowest BCUT2D eigenvalue weighted by molar-refractivity contribution is -0.111. The Kier molecular flexibility index (Phi) is 4.65. The summed E-state index contributed by atoms with van der Waals surface area (Å²) in [5.74, 6) is 0.134. The fourth-order valence-electron chi connectivity index (χ4n) is 2.89. The van der Waals surface area contributed by atoms with Gasteiger partial charge in [-0.25, -0.2) is 4.79 Å². The zero-order valence-corrected chi connectivity index (χ0v) is 14.5. The first-order chi connectivity index (χ1) is 12.1. The summed E-state index contributed by atoms with van der Waals surface area (Å²) < 4.78 is 4.57. The van der Waals surface area contributed by atoms with Crippen LogP contribution in [-0.2, 0) is 9.53 Å². The number of benzene rings is 2. The van der Waals surface area contributed by atoms with E-state index in [1.807, 2.05) is 42.5 Å². The minimum atomic E-state index is -0.785. The van der Waals surface area contributed by atoms with Gasteiger partial charge in [0.1, 0.15) is 5.71 Å². The molecule has 0 saturated carbocycles. The predicted octanol–water partition coefficient (Wildman–Crippen LogP) is 4.43. The molecule has 0 bridgehead atoms. The van der Waals surface area contributed by atoms with Crippen molar-refractivity contribution in [2.24, 2.45) is 4.99 Å². The van der Waals surface area contributed by atoms with Gasteiger partial charge in [0.15, 0.2) is 0 Å². The van der Waals surface area contributed by atoms with Crippen molar-refractivity contribution < 1.29 is 14.3 Å². The van der Waals surface area contributed by atoms with Crippen molar-refractivity contribution in [3.63, 3.8) is 0 Å². The monoisotopic (exact) mass is 336 g/mol. The Morgan fingerprint density at radius 1 is 1.16 bits per heavy atom. The van der Waals surface area contributed by atoms with Gasteiger partial charge in [-0.15, -0.1) is 0 Å². The van der Waals surface area contributed by atoms with Crippen LogP contribution in [0.4, 0.5) is 16.2 Å². The molecule has 3 rings (SSSR count). The summed E-state index contributed by atoms with van der Waals surface area (Å²) in [5.41, 5.74) is 3.43. The second-order valence-electron chi connectivity index (χ2n) is 5.99. The average Bonchev–Trinajstić information content (AvgIpc) is 2.93. The predicted molar refractivity (Wildman–Crippen MR) is 97.7 cm³/mol. The van der Waals surface area contributed by atoms with Crippen LogP contribution in [0.2, 0.25) is 0 Å². The zero-order chi connectivity index (χ0) is 18.0. The van der Waals surface area contributed by atoms with Crippen molar-refractivity contribution >= 4 is 29.1 Å². The van der Waals surface area contributed by atoms with Crippen LogP contribution in [0.15, 0.2) is 53.5 Å². The first-order valence-electron chi connectivity index (χ1n) is 8.27. The summed E-state index contributed by atoms with van der Waals surface area (Å²) in [6.07, 6.45) is 0.271. The molecule has 0 radical (unpaired) electrons. The van der Waals surface area contributed by atoms with Crippen LogP contribution in [-0.4, -0.2) is 24.8 Å². The van der Waals surface area contributed by atoms with Gasteiger partial charge in [0.05, 0.1) is 12.8 Å². The minimum Gasteiger partial charge on any atom is -0.451 e. The van der Waals surface area contributed by atoms with Crippen molar-refractivity contribution in [2.45, 2.75) is 26.2 Å². The van der Waals surface area contributed by atoms with Crippen LogP contribution >= 0.6 is 0 Å². The van der Waals surface area contributed by atoms with Crippen LogP contribution in [0.25, 0.3) is 0 Å². The normalized spacial score (nSPS) is 16.0. The fraction of sp³-hybridized carbons (Fsp3) is 0.250. The van der Waals surface area contributed by atoms with E-state index in [-0.39, 0.29) is 11.6 Å². The molecule has 1 aliphatic heterocycles. The summed E-state index contributed by atoms with van der Waals surface area (Å²) in [4.78, 5) is 29.8. The maximum absolute atomic E-state index is 12.9. The first-order valence-corrected chi connectivity index (χ1v) is 8.27. The third kappa shape index (κ3) is 3.05. The van der Waals surface area contributed by atoms with E-state index in [0.717, 1.165) is 12.1 Å². The van der Waals surface area contributed by atoms with Gasteiger partial charge in [0, 0.05) is 11.3 Å². The molecular weight excluding hydrogens is 316 g/mol. The van der Waals surface area contributed by atoms with Crippen LogP contribution < -0.4 is 4.90 Å². The lowest BCUT2D eigenvalue weighted by Gasteiger charge is -2.18. The molecule has 0 N–H and O–H groups in total. The molecule has 5 heteroatoms. The number of methoxy groups -OCH3 is 1. The highest BCUT2D eigenvalue weighted by Gasteiger charge is 2.35. The van der Waals surface area contributed by atoms with Crippen molar-refractivity contribution in [3.05, 3.63) is 59.7 Å². The molecule has 2 aromatic rings. The average molecular weight is 336 g/mol. The molecule has 1 aliphatic rings. The number of para-hydroxylation sites is 1. The zero-order valence-electron chi connectivity index (χ0n) is 14.5. The minimum absolute atomic E-state index is 0.105. The standard InChI is InChI=1S/C20H20N2O3/c1-4-13(2)14-9-11-15(12-10-14)22-17-8-6-5-7-16(17)18(19(22)23)21-20(24)25-3/h5-13H,4H2,1-3H3. The SMILES string of the molecule is CCC(C)c1ccc(N2C(=O)C(=NC(=O)OC)c3ccccc32)cc1. The largest absolute Gasteiger partial charge is 0.451 e. The number of fused-ring (bicyclic) bond motifs is 1. The van der Waals surface area contributed by atoms with Crippen molar-refractivity contribution in [1.82, 2.24) is 0 Å². The third-order valence-electron chi connectivity index (χ3n) is 4.52. The molecule has 1 unspecified atom stereocenters. The number of carbonyl (C=O) groups excluding carboxylic acids is 2. The van der Waals surface area contributed by atoms with Crippen LogP contribution in [0.1, 0.15) is 37.3 Å². The Bertz CT molecular complexity index is 840. The van der Waals surface area contributed by atoms with Crippen LogP contribution in [0.5, 0.6) is 0 Å². The summed E-state index contributed by atoms with van der Waals surface area (Å²) in [7, 11) is 1.24. The van der Waals surface area contributed by atoms with E-state index >= 15 is 0 Å². The van der Waals surface area contributed by atoms with E-state index in [1.54, 1.807) is 11.0 Å². The lowest BCUT2D eigenvalue weighted by Crippen LogP contribution is -2.26. The number of rotatable bonds is 3. The number of nitrogens with zero attached hydrogens (tertiary/aromatic N) is 2.